The van der Waals surface area contributed by atoms with E-state index >= 15 is 0 Å². The first kappa shape index (κ1) is 33.5. The summed E-state index contributed by atoms with van der Waals surface area (Å²) in [6.07, 6.45) is -2.76. The number of amides is 2. The number of H-pyrrole nitrogens is 1. The summed E-state index contributed by atoms with van der Waals surface area (Å²) in [5.74, 6) is -2.12. The number of carbonyl (C=O) groups is 2. The number of nitrogens with one attached hydrogen (secondary N) is 1. The number of carbonyl (C=O) groups excluding carboxylic acids is 2. The molecule has 2 aliphatic heterocycles. The van der Waals surface area contributed by atoms with E-state index in [4.69, 9.17) is 11.6 Å². The highest BCUT2D eigenvalue weighted by atomic mass is 35.5. The summed E-state index contributed by atoms with van der Waals surface area (Å²) in [7, 11) is 3.95. The summed E-state index contributed by atoms with van der Waals surface area (Å²) in [5, 5.41) is 14.0. The molecule has 2 aromatic carbocycles. The molecule has 2 amide bonds. The predicted octanol–water partition coefficient (Wildman–Crippen LogP) is 4.58. The second-order valence-electron chi connectivity index (χ2n) is 12.3. The molecule has 0 radical (unpaired) electrons. The van der Waals surface area contributed by atoms with Gasteiger partial charge in [-0.05, 0) is 63.9 Å². The largest absolute Gasteiger partial charge is 0.506 e. The third kappa shape index (κ3) is 7.58. The number of aromatic hydroxyl groups is 1. The molecule has 2 aliphatic rings. The lowest BCUT2D eigenvalue weighted by Gasteiger charge is -2.37. The summed E-state index contributed by atoms with van der Waals surface area (Å²) in [6, 6.07) is 11.4. The maximum absolute atomic E-state index is 13.8. The van der Waals surface area contributed by atoms with Crippen LogP contribution >= 0.6 is 11.6 Å². The van der Waals surface area contributed by atoms with E-state index in [0.29, 0.717) is 50.9 Å². The average Bonchev–Trinajstić information content (AvgIpc) is 3.43. The van der Waals surface area contributed by atoms with E-state index in [1.54, 1.807) is 9.80 Å². The predicted molar refractivity (Wildman–Crippen MR) is 166 cm³/mol. The van der Waals surface area contributed by atoms with Gasteiger partial charge in [-0.2, -0.15) is 13.2 Å². The van der Waals surface area contributed by atoms with Crippen molar-refractivity contribution in [2.45, 2.75) is 56.8 Å². The number of alkyl halides is 3. The van der Waals surface area contributed by atoms with Gasteiger partial charge in [0.25, 0.3) is 0 Å². The van der Waals surface area contributed by atoms with Crippen molar-refractivity contribution in [3.63, 3.8) is 0 Å². The van der Waals surface area contributed by atoms with Crippen LogP contribution in [0.1, 0.15) is 49.3 Å². The number of halogens is 4. The van der Waals surface area contributed by atoms with E-state index in [9.17, 15) is 32.7 Å². The molecule has 0 spiro atoms. The van der Waals surface area contributed by atoms with Crippen molar-refractivity contribution < 1.29 is 27.9 Å². The highest BCUT2D eigenvalue weighted by Gasteiger charge is 2.37. The van der Waals surface area contributed by atoms with E-state index in [1.165, 1.54) is 10.7 Å². The number of hydrogen-bond acceptors (Lipinski definition) is 6. The number of benzene rings is 2. The number of hydrogen-bond donors (Lipinski definition) is 2. The number of aromatic nitrogens is 3. The van der Waals surface area contributed by atoms with Gasteiger partial charge in [0.05, 0.1) is 22.5 Å². The summed E-state index contributed by atoms with van der Waals surface area (Å²) >= 11 is 5.96. The average molecular weight is 663 g/mol. The minimum absolute atomic E-state index is 0.107. The van der Waals surface area contributed by atoms with E-state index in [-0.39, 0.29) is 42.0 Å². The Labute approximate surface area is 269 Å². The van der Waals surface area contributed by atoms with Gasteiger partial charge in [0.15, 0.2) is 5.82 Å². The fraction of sp³-hybridized carbons (Fsp3) is 0.500. The summed E-state index contributed by atoms with van der Waals surface area (Å²) in [5.41, 5.74) is -0.733. The van der Waals surface area contributed by atoms with Crippen LogP contribution in [-0.2, 0) is 22.2 Å². The zero-order valence-corrected chi connectivity index (χ0v) is 26.5. The summed E-state index contributed by atoms with van der Waals surface area (Å²) in [4.78, 5) is 48.3. The Morgan fingerprint density at radius 3 is 2.28 bits per heavy atom. The van der Waals surface area contributed by atoms with Crippen LogP contribution in [0, 0.1) is 5.92 Å². The Bertz CT molecular complexity index is 1590. The van der Waals surface area contributed by atoms with Crippen molar-refractivity contribution in [3.05, 3.63) is 69.1 Å². The van der Waals surface area contributed by atoms with Gasteiger partial charge in [-0.3, -0.25) is 14.6 Å². The highest BCUT2D eigenvalue weighted by molar-refractivity contribution is 6.32. The van der Waals surface area contributed by atoms with Crippen molar-refractivity contribution >= 4 is 23.4 Å². The fourth-order valence-corrected chi connectivity index (χ4v) is 6.63. The SMILES string of the molecule is CN(C)C1CCN(C(=O)[C@H](CC(=O)N2CCC(n3nc(-c4ccccc4)[nH]c3=O)CC2)Cc2cc(Cl)c(O)c(C(F)(F)F)c2)CC1. The van der Waals surface area contributed by atoms with Crippen LogP contribution in [-0.4, -0.2) is 92.7 Å². The number of phenols is 1. The molecule has 0 saturated carbocycles. The van der Waals surface area contributed by atoms with Crippen molar-refractivity contribution in [2.75, 3.05) is 40.3 Å². The lowest BCUT2D eigenvalue weighted by atomic mass is 9.91. The number of likely N-dealkylation sites (tertiary alicyclic amines) is 2. The molecule has 0 unspecified atom stereocenters. The van der Waals surface area contributed by atoms with Crippen molar-refractivity contribution in [1.82, 2.24) is 29.5 Å². The van der Waals surface area contributed by atoms with Crippen LogP contribution in [0.15, 0.2) is 47.3 Å². The number of nitrogens with zero attached hydrogens (tertiary/aromatic N) is 5. The number of rotatable bonds is 8. The molecule has 2 N–H and O–H groups in total. The molecule has 2 fully saturated rings. The van der Waals surface area contributed by atoms with Gasteiger partial charge in [0.1, 0.15) is 5.75 Å². The first-order valence-corrected chi connectivity index (χ1v) is 15.8. The lowest BCUT2D eigenvalue weighted by molar-refractivity contribution is -0.143. The third-order valence-corrected chi connectivity index (χ3v) is 9.33. The standard InChI is InChI=1S/C32H38ClF3N6O4/c1-39(2)23-8-14-41(15-9-23)30(45)22(16-20-17-25(32(34,35)36)28(44)26(33)18-20)19-27(43)40-12-10-24(11-13-40)42-31(46)37-29(38-42)21-6-4-3-5-7-21/h3-7,17-18,22-24,44H,8-16,19H2,1-2H3,(H,37,38,46)/t22-/m0/s1. The second-order valence-corrected chi connectivity index (χ2v) is 12.7. The smallest absolute Gasteiger partial charge is 0.420 e. The monoisotopic (exact) mass is 662 g/mol. The Morgan fingerprint density at radius 2 is 1.67 bits per heavy atom. The zero-order valence-electron chi connectivity index (χ0n) is 25.8. The van der Waals surface area contributed by atoms with Crippen LogP contribution in [0.5, 0.6) is 5.75 Å². The molecular weight excluding hydrogens is 625 g/mol. The highest BCUT2D eigenvalue weighted by Crippen LogP contribution is 2.41. The minimum Gasteiger partial charge on any atom is -0.506 e. The van der Waals surface area contributed by atoms with E-state index in [1.807, 2.05) is 44.4 Å². The van der Waals surface area contributed by atoms with Gasteiger partial charge in [0, 0.05) is 44.2 Å². The molecule has 2 saturated heterocycles. The van der Waals surface area contributed by atoms with E-state index < -0.39 is 28.4 Å². The number of aromatic amines is 1. The minimum atomic E-state index is -4.85. The van der Waals surface area contributed by atoms with Gasteiger partial charge in [-0.1, -0.05) is 41.9 Å². The molecule has 1 atom stereocenters. The molecule has 14 heteroatoms. The van der Waals surface area contributed by atoms with Gasteiger partial charge in [0.2, 0.25) is 11.8 Å². The Kier molecular flexibility index (Phi) is 10.1. The van der Waals surface area contributed by atoms with Gasteiger partial charge in [-0.25, -0.2) is 9.48 Å². The van der Waals surface area contributed by atoms with E-state index in [2.05, 4.69) is 15.0 Å². The quantitative estimate of drug-likeness (QED) is 0.365. The fourth-order valence-electron chi connectivity index (χ4n) is 6.39. The van der Waals surface area contributed by atoms with Crippen LogP contribution in [0.4, 0.5) is 13.2 Å². The van der Waals surface area contributed by atoms with Crippen molar-refractivity contribution in [3.8, 4) is 17.1 Å². The van der Waals surface area contributed by atoms with E-state index in [0.717, 1.165) is 24.5 Å². The van der Waals surface area contributed by atoms with Crippen LogP contribution in [0.2, 0.25) is 5.02 Å². The topological polar surface area (TPSA) is 115 Å². The van der Waals surface area contributed by atoms with Crippen LogP contribution in [0.25, 0.3) is 11.4 Å². The van der Waals surface area contributed by atoms with Gasteiger partial charge >= 0.3 is 11.9 Å². The molecule has 0 bridgehead atoms. The third-order valence-electron chi connectivity index (χ3n) is 9.04. The van der Waals surface area contributed by atoms with Crippen LogP contribution < -0.4 is 5.69 Å². The normalized spacial score (nSPS) is 17.5. The number of piperidine rings is 2. The first-order chi connectivity index (χ1) is 21.8. The molecule has 46 heavy (non-hydrogen) atoms. The number of phenolic OH excluding ortho intramolecular Hbond substituents is 1. The molecule has 3 heterocycles. The molecule has 248 valence electrons. The molecule has 3 aromatic rings. The summed E-state index contributed by atoms with van der Waals surface area (Å²) in [6.45, 7) is 1.63. The van der Waals surface area contributed by atoms with Gasteiger partial charge in [-0.15, -0.1) is 5.10 Å². The molecule has 10 nitrogen and oxygen atoms in total. The maximum Gasteiger partial charge on any atom is 0.420 e. The molecular formula is C32H38ClF3N6O4. The first-order valence-electron chi connectivity index (χ1n) is 15.4. The molecule has 5 rings (SSSR count). The lowest BCUT2D eigenvalue weighted by Crippen LogP contribution is -2.48. The second kappa shape index (κ2) is 13.9. The Hall–Kier alpha value is -3.84. The Balaban J connectivity index is 1.30. The summed E-state index contributed by atoms with van der Waals surface area (Å²) < 4.78 is 42.3. The zero-order chi connectivity index (χ0) is 33.2. The van der Waals surface area contributed by atoms with Gasteiger partial charge < -0.3 is 19.8 Å². The molecule has 0 aliphatic carbocycles. The molecule has 1 aromatic heterocycles. The van der Waals surface area contributed by atoms with Crippen LogP contribution in [0.3, 0.4) is 0 Å². The maximum atomic E-state index is 13.8. The van der Waals surface area contributed by atoms with Crippen molar-refractivity contribution in [2.24, 2.45) is 5.92 Å². The Morgan fingerprint density at radius 1 is 1.04 bits per heavy atom. The van der Waals surface area contributed by atoms with Crippen molar-refractivity contribution in [1.29, 1.82) is 0 Å².